The van der Waals surface area contributed by atoms with E-state index in [2.05, 4.69) is 24.1 Å². The van der Waals surface area contributed by atoms with Crippen LogP contribution in [0.25, 0.3) is 10.9 Å². The molecule has 2 amide bonds. The maximum absolute atomic E-state index is 12.8. The number of carbonyl (C=O) groups excluding carboxylic acids is 2. The molecule has 168 valence electrons. The minimum absolute atomic E-state index is 0.0148. The fourth-order valence-corrected chi connectivity index (χ4v) is 5.04. The number of aromatic amines is 1. The number of hydrogen-bond donors (Lipinski definition) is 2. The van der Waals surface area contributed by atoms with Crippen molar-refractivity contribution in [2.45, 2.75) is 64.6 Å². The molecule has 2 aromatic rings. The number of halogens is 1. The predicted octanol–water partition coefficient (Wildman–Crippen LogP) is 4.45. The molecule has 2 aliphatic heterocycles. The number of ether oxygens (including phenoxy) is 1. The van der Waals surface area contributed by atoms with Crippen LogP contribution in [0.2, 0.25) is 5.02 Å². The lowest BCUT2D eigenvalue weighted by Crippen LogP contribution is -2.47. The molecule has 31 heavy (non-hydrogen) atoms. The van der Waals surface area contributed by atoms with Crippen LogP contribution in [0.3, 0.4) is 0 Å². The van der Waals surface area contributed by atoms with Gasteiger partial charge < -0.3 is 19.9 Å². The fourth-order valence-electron chi connectivity index (χ4n) is 4.87. The number of H-pyrrole nitrogens is 1. The third kappa shape index (κ3) is 4.75. The van der Waals surface area contributed by atoms with Crippen molar-refractivity contribution in [3.05, 3.63) is 34.5 Å². The highest BCUT2D eigenvalue weighted by Gasteiger charge is 2.43. The highest BCUT2D eigenvalue weighted by Crippen LogP contribution is 2.39. The average Bonchev–Trinajstić information content (AvgIpc) is 3.27. The second-order valence-electron chi connectivity index (χ2n) is 9.47. The number of hydrogen-bond acceptors (Lipinski definition) is 3. The summed E-state index contributed by atoms with van der Waals surface area (Å²) in [5.74, 6) is 0.516. The molecular weight excluding hydrogens is 414 g/mol. The Kier molecular flexibility index (Phi) is 6.31. The summed E-state index contributed by atoms with van der Waals surface area (Å²) in [7, 11) is 0. The minimum atomic E-state index is -0.141. The van der Waals surface area contributed by atoms with Gasteiger partial charge in [-0.25, -0.2) is 0 Å². The number of rotatable bonds is 5. The van der Waals surface area contributed by atoms with Crippen LogP contribution in [-0.2, 0) is 9.53 Å². The van der Waals surface area contributed by atoms with Gasteiger partial charge in [-0.15, -0.1) is 0 Å². The van der Waals surface area contributed by atoms with Crippen LogP contribution in [0.4, 0.5) is 0 Å². The van der Waals surface area contributed by atoms with Crippen LogP contribution < -0.4 is 5.32 Å². The Hall–Kier alpha value is -2.05. The average molecular weight is 446 g/mol. The molecule has 0 radical (unpaired) electrons. The molecule has 2 saturated heterocycles. The quantitative estimate of drug-likeness (QED) is 0.714. The molecule has 1 aromatic heterocycles. The first-order valence-corrected chi connectivity index (χ1v) is 11.7. The molecule has 0 saturated carbocycles. The fraction of sp³-hybridized carbons (Fsp3) is 0.583. The van der Waals surface area contributed by atoms with E-state index in [1.165, 1.54) is 0 Å². The highest BCUT2D eigenvalue weighted by atomic mass is 35.5. The molecular formula is C24H32ClN3O3. The summed E-state index contributed by atoms with van der Waals surface area (Å²) < 4.78 is 6.41. The lowest BCUT2D eigenvalue weighted by Gasteiger charge is -2.39. The van der Waals surface area contributed by atoms with Gasteiger partial charge in [0.05, 0.1) is 11.7 Å². The third-order valence-electron chi connectivity index (χ3n) is 6.69. The van der Waals surface area contributed by atoms with Gasteiger partial charge in [-0.3, -0.25) is 9.59 Å². The zero-order chi connectivity index (χ0) is 22.2. The molecule has 2 N–H and O–H groups in total. The lowest BCUT2D eigenvalue weighted by molar-refractivity contribution is -0.138. The second kappa shape index (κ2) is 8.83. The summed E-state index contributed by atoms with van der Waals surface area (Å²) in [5, 5.41) is 4.66. The molecule has 1 atom stereocenters. The summed E-state index contributed by atoms with van der Waals surface area (Å²) in [6.07, 6.45) is 4.31. The Morgan fingerprint density at radius 1 is 1.29 bits per heavy atom. The van der Waals surface area contributed by atoms with Crippen molar-refractivity contribution in [2.75, 3.05) is 19.6 Å². The summed E-state index contributed by atoms with van der Waals surface area (Å²) in [6, 6.07) is 5.58. The predicted molar refractivity (Wildman–Crippen MR) is 122 cm³/mol. The van der Waals surface area contributed by atoms with Gasteiger partial charge in [-0.2, -0.15) is 0 Å². The van der Waals surface area contributed by atoms with E-state index in [1.807, 2.05) is 30.0 Å². The van der Waals surface area contributed by atoms with Gasteiger partial charge in [0.15, 0.2) is 0 Å². The number of amides is 2. The van der Waals surface area contributed by atoms with Crippen molar-refractivity contribution in [3.8, 4) is 0 Å². The van der Waals surface area contributed by atoms with Gasteiger partial charge in [0.25, 0.3) is 5.91 Å². The zero-order valence-electron chi connectivity index (χ0n) is 18.6. The molecule has 1 spiro atoms. The number of likely N-dealkylation sites (tertiary alicyclic amines) is 1. The van der Waals surface area contributed by atoms with E-state index in [0.717, 1.165) is 55.2 Å². The molecule has 7 heteroatoms. The van der Waals surface area contributed by atoms with Crippen molar-refractivity contribution in [3.63, 3.8) is 0 Å². The van der Waals surface area contributed by atoms with Crippen molar-refractivity contribution >= 4 is 34.3 Å². The minimum Gasteiger partial charge on any atom is -0.370 e. The Labute approximate surface area is 188 Å². The van der Waals surface area contributed by atoms with Crippen LogP contribution >= 0.6 is 11.6 Å². The van der Waals surface area contributed by atoms with Gasteiger partial charge in [-0.05, 0) is 62.3 Å². The molecule has 6 nitrogen and oxygen atoms in total. The van der Waals surface area contributed by atoms with E-state index in [9.17, 15) is 9.59 Å². The first-order chi connectivity index (χ1) is 14.8. The van der Waals surface area contributed by atoms with Gasteiger partial charge >= 0.3 is 0 Å². The number of nitrogens with one attached hydrogen (secondary N) is 2. The number of nitrogens with zero attached hydrogens (tertiary/aromatic N) is 1. The standard InChI is InChI=1S/C24H32ClN3O3/c1-15(2)12-21(29)28-10-8-24(9-11-28)7-6-18(31-24)14-26-23(30)22-16(3)19-13-17(25)4-5-20(19)27-22/h4-5,13,15,18,27H,6-12,14H2,1-3H3,(H,26,30)/t18-/m0/s1. The monoisotopic (exact) mass is 445 g/mol. The third-order valence-corrected chi connectivity index (χ3v) is 6.92. The topological polar surface area (TPSA) is 74.4 Å². The van der Waals surface area contributed by atoms with Crippen LogP contribution in [0, 0.1) is 12.8 Å². The van der Waals surface area contributed by atoms with E-state index in [0.29, 0.717) is 29.6 Å². The lowest BCUT2D eigenvalue weighted by atomic mass is 9.88. The number of aryl methyl sites for hydroxylation is 1. The molecule has 3 heterocycles. The molecule has 4 rings (SSSR count). The molecule has 2 fully saturated rings. The van der Waals surface area contributed by atoms with Crippen molar-refractivity contribution in [1.29, 1.82) is 0 Å². The zero-order valence-corrected chi connectivity index (χ0v) is 19.3. The first kappa shape index (κ1) is 22.2. The van der Waals surface area contributed by atoms with Crippen LogP contribution in [0.15, 0.2) is 18.2 Å². The summed E-state index contributed by atoms with van der Waals surface area (Å²) in [4.78, 5) is 30.3. The van der Waals surface area contributed by atoms with Crippen LogP contribution in [0.5, 0.6) is 0 Å². The number of fused-ring (bicyclic) bond motifs is 1. The van der Waals surface area contributed by atoms with E-state index in [1.54, 1.807) is 0 Å². The number of aromatic nitrogens is 1. The SMILES string of the molecule is Cc1c(C(=O)NC[C@@H]2CCC3(CCN(C(=O)CC(C)C)CC3)O2)[nH]c2ccc(Cl)cc12. The first-order valence-electron chi connectivity index (χ1n) is 11.3. The largest absolute Gasteiger partial charge is 0.370 e. The maximum atomic E-state index is 12.8. The highest BCUT2D eigenvalue weighted by molar-refractivity contribution is 6.31. The van der Waals surface area contributed by atoms with Gasteiger partial charge in [-0.1, -0.05) is 25.4 Å². The number of piperidine rings is 1. The Morgan fingerprint density at radius 3 is 2.74 bits per heavy atom. The molecule has 0 aliphatic carbocycles. The Bertz CT molecular complexity index is 976. The second-order valence-corrected chi connectivity index (χ2v) is 9.90. The van der Waals surface area contributed by atoms with Gasteiger partial charge in [0, 0.05) is 42.0 Å². The summed E-state index contributed by atoms with van der Waals surface area (Å²) in [6.45, 7) is 8.11. The summed E-state index contributed by atoms with van der Waals surface area (Å²) in [5.41, 5.74) is 2.23. The van der Waals surface area contributed by atoms with Crippen molar-refractivity contribution in [2.24, 2.45) is 5.92 Å². The normalized spacial score (nSPS) is 20.7. The Balaban J connectivity index is 1.30. The van der Waals surface area contributed by atoms with E-state index < -0.39 is 0 Å². The van der Waals surface area contributed by atoms with E-state index in [-0.39, 0.29) is 23.5 Å². The van der Waals surface area contributed by atoms with Gasteiger partial charge in [0.2, 0.25) is 5.91 Å². The summed E-state index contributed by atoms with van der Waals surface area (Å²) >= 11 is 6.09. The smallest absolute Gasteiger partial charge is 0.268 e. The molecule has 0 unspecified atom stereocenters. The van der Waals surface area contributed by atoms with Crippen LogP contribution in [-0.4, -0.2) is 53.0 Å². The van der Waals surface area contributed by atoms with Crippen molar-refractivity contribution < 1.29 is 14.3 Å². The van der Waals surface area contributed by atoms with Gasteiger partial charge in [0.1, 0.15) is 5.69 Å². The Morgan fingerprint density at radius 2 is 2.03 bits per heavy atom. The molecule has 0 bridgehead atoms. The van der Waals surface area contributed by atoms with E-state index in [4.69, 9.17) is 16.3 Å². The molecule has 1 aromatic carbocycles. The van der Waals surface area contributed by atoms with Crippen LogP contribution in [0.1, 0.15) is 62.0 Å². The van der Waals surface area contributed by atoms with Crippen molar-refractivity contribution in [1.82, 2.24) is 15.2 Å². The maximum Gasteiger partial charge on any atom is 0.268 e. The number of benzene rings is 1. The number of carbonyl (C=O) groups is 2. The van der Waals surface area contributed by atoms with E-state index >= 15 is 0 Å². The molecule has 2 aliphatic rings.